The van der Waals surface area contributed by atoms with Gasteiger partial charge < -0.3 is 5.32 Å². The highest BCUT2D eigenvalue weighted by molar-refractivity contribution is 7.99. The van der Waals surface area contributed by atoms with Gasteiger partial charge >= 0.3 is 12.1 Å². The third-order valence-corrected chi connectivity index (χ3v) is 3.07. The SMILES string of the molecule is CSC1N(N)C(=O)N(Cl)N1C(=O)NC(C)(C)C. The zero-order chi connectivity index (χ0) is 13.4. The van der Waals surface area contributed by atoms with Crippen molar-refractivity contribution in [2.45, 2.75) is 31.8 Å². The van der Waals surface area contributed by atoms with Crippen LogP contribution in [0, 0.1) is 0 Å². The molecule has 1 saturated heterocycles. The van der Waals surface area contributed by atoms with Crippen LogP contribution in [0.4, 0.5) is 9.59 Å². The van der Waals surface area contributed by atoms with E-state index in [0.29, 0.717) is 4.53 Å². The van der Waals surface area contributed by atoms with Gasteiger partial charge in [-0.2, -0.15) is 5.01 Å². The molecule has 0 aromatic heterocycles. The number of rotatable bonds is 1. The fourth-order valence-electron chi connectivity index (χ4n) is 1.26. The lowest BCUT2D eigenvalue weighted by Crippen LogP contribution is -2.53. The summed E-state index contributed by atoms with van der Waals surface area (Å²) in [6, 6.07) is -1.12. The van der Waals surface area contributed by atoms with Crippen molar-refractivity contribution >= 4 is 35.6 Å². The van der Waals surface area contributed by atoms with Gasteiger partial charge in [0.25, 0.3) is 0 Å². The van der Waals surface area contributed by atoms with Crippen molar-refractivity contribution in [3.8, 4) is 0 Å². The average molecular weight is 282 g/mol. The minimum Gasteiger partial charge on any atom is -0.332 e. The van der Waals surface area contributed by atoms with Crippen LogP contribution in [-0.2, 0) is 0 Å². The molecule has 1 fully saturated rings. The second-order valence-electron chi connectivity index (χ2n) is 4.54. The van der Waals surface area contributed by atoms with E-state index in [9.17, 15) is 9.59 Å². The van der Waals surface area contributed by atoms with Gasteiger partial charge in [-0.1, -0.05) is 0 Å². The van der Waals surface area contributed by atoms with Crippen molar-refractivity contribution in [2.75, 3.05) is 6.26 Å². The van der Waals surface area contributed by atoms with E-state index in [4.69, 9.17) is 17.6 Å². The first-order valence-corrected chi connectivity index (χ1v) is 6.49. The van der Waals surface area contributed by atoms with Crippen LogP contribution >= 0.6 is 23.5 Å². The highest BCUT2D eigenvalue weighted by Crippen LogP contribution is 2.27. The van der Waals surface area contributed by atoms with Crippen molar-refractivity contribution in [2.24, 2.45) is 5.84 Å². The Labute approximate surface area is 109 Å². The van der Waals surface area contributed by atoms with E-state index < -0.39 is 23.1 Å². The minimum absolute atomic E-state index is 0.428. The van der Waals surface area contributed by atoms with Crippen LogP contribution in [0.1, 0.15) is 20.8 Å². The third-order valence-electron chi connectivity index (χ3n) is 1.92. The van der Waals surface area contributed by atoms with E-state index in [1.165, 1.54) is 11.8 Å². The molecular weight excluding hydrogens is 266 g/mol. The zero-order valence-corrected chi connectivity index (χ0v) is 11.7. The Bertz CT molecular complexity index is 334. The molecule has 1 unspecified atom stereocenters. The van der Waals surface area contributed by atoms with Crippen LogP contribution in [0.2, 0.25) is 0 Å². The van der Waals surface area contributed by atoms with Crippen molar-refractivity contribution < 1.29 is 9.59 Å². The predicted molar refractivity (Wildman–Crippen MR) is 66.5 cm³/mol. The molecule has 3 N–H and O–H groups in total. The maximum Gasteiger partial charge on any atom is 0.371 e. The van der Waals surface area contributed by atoms with Gasteiger partial charge in [-0.15, -0.1) is 16.3 Å². The number of thioether (sulfide) groups is 1. The topological polar surface area (TPSA) is 81.9 Å². The average Bonchev–Trinajstić information content (AvgIpc) is 2.39. The number of hydrazine groups is 2. The summed E-state index contributed by atoms with van der Waals surface area (Å²) in [5.74, 6) is 5.53. The Kier molecular flexibility index (Phi) is 4.00. The summed E-state index contributed by atoms with van der Waals surface area (Å²) in [6.07, 6.45) is 1.73. The second-order valence-corrected chi connectivity index (χ2v) is 5.75. The molecule has 0 aromatic carbocycles. The summed E-state index contributed by atoms with van der Waals surface area (Å²) < 4.78 is 0.683. The van der Waals surface area contributed by atoms with Crippen LogP contribution in [0.15, 0.2) is 0 Å². The largest absolute Gasteiger partial charge is 0.371 e. The lowest BCUT2D eigenvalue weighted by atomic mass is 10.1. The van der Waals surface area contributed by atoms with Gasteiger partial charge in [-0.05, 0) is 27.0 Å². The summed E-state index contributed by atoms with van der Waals surface area (Å²) in [5.41, 5.74) is -1.08. The molecule has 0 radical (unpaired) electrons. The Morgan fingerprint density at radius 2 is 2.06 bits per heavy atom. The maximum atomic E-state index is 12.0. The molecule has 98 valence electrons. The lowest BCUT2D eigenvalue weighted by Gasteiger charge is -2.29. The molecule has 1 heterocycles. The molecule has 1 atom stereocenters. The Morgan fingerprint density at radius 1 is 1.53 bits per heavy atom. The summed E-state index contributed by atoms with van der Waals surface area (Å²) >= 11 is 6.96. The summed E-state index contributed by atoms with van der Waals surface area (Å²) in [4.78, 5) is 23.5. The lowest BCUT2D eigenvalue weighted by molar-refractivity contribution is 0.123. The van der Waals surface area contributed by atoms with Gasteiger partial charge in [-0.3, -0.25) is 0 Å². The van der Waals surface area contributed by atoms with Gasteiger partial charge in [0.05, 0.1) is 0 Å². The highest BCUT2D eigenvalue weighted by Gasteiger charge is 2.46. The molecule has 0 saturated carbocycles. The highest BCUT2D eigenvalue weighted by atomic mass is 35.5. The van der Waals surface area contributed by atoms with Gasteiger partial charge in [-0.25, -0.2) is 20.4 Å². The number of nitrogens with zero attached hydrogens (tertiary/aromatic N) is 3. The molecule has 1 aliphatic heterocycles. The van der Waals surface area contributed by atoms with Gasteiger partial charge in [0, 0.05) is 17.3 Å². The van der Waals surface area contributed by atoms with E-state index in [1.807, 2.05) is 20.8 Å². The number of amides is 4. The summed E-state index contributed by atoms with van der Waals surface area (Å²) in [7, 11) is 0. The fraction of sp³-hybridized carbons (Fsp3) is 0.750. The third kappa shape index (κ3) is 2.88. The smallest absolute Gasteiger partial charge is 0.332 e. The van der Waals surface area contributed by atoms with Crippen LogP contribution in [0.5, 0.6) is 0 Å². The minimum atomic E-state index is -0.651. The molecule has 9 heteroatoms. The zero-order valence-electron chi connectivity index (χ0n) is 10.1. The normalized spacial score (nSPS) is 21.2. The first kappa shape index (κ1) is 14.2. The number of urea groups is 2. The van der Waals surface area contributed by atoms with E-state index in [1.54, 1.807) is 6.26 Å². The monoisotopic (exact) mass is 281 g/mol. The van der Waals surface area contributed by atoms with E-state index in [2.05, 4.69) is 5.32 Å². The Balaban J connectivity index is 2.88. The van der Waals surface area contributed by atoms with Crippen molar-refractivity contribution in [3.63, 3.8) is 0 Å². The van der Waals surface area contributed by atoms with Gasteiger partial charge in [0.2, 0.25) is 0 Å². The van der Waals surface area contributed by atoms with E-state index in [-0.39, 0.29) is 0 Å². The summed E-state index contributed by atoms with van der Waals surface area (Å²) in [6.45, 7) is 5.49. The van der Waals surface area contributed by atoms with E-state index in [0.717, 1.165) is 10.0 Å². The first-order chi connectivity index (χ1) is 7.69. The molecular formula is C8H16ClN5O2S. The Morgan fingerprint density at radius 3 is 2.47 bits per heavy atom. The van der Waals surface area contributed by atoms with Gasteiger partial charge in [0.1, 0.15) is 0 Å². The van der Waals surface area contributed by atoms with Crippen LogP contribution in [0.3, 0.4) is 0 Å². The molecule has 1 rings (SSSR count). The number of carbonyl (C=O) groups excluding carboxylic acids is 2. The second kappa shape index (κ2) is 4.79. The quantitative estimate of drug-likeness (QED) is 0.429. The number of nitrogens with two attached hydrogens (primary N) is 1. The number of hydrogen-bond donors (Lipinski definition) is 2. The van der Waals surface area contributed by atoms with Crippen molar-refractivity contribution in [1.82, 2.24) is 19.9 Å². The van der Waals surface area contributed by atoms with E-state index >= 15 is 0 Å². The van der Waals surface area contributed by atoms with Crippen LogP contribution in [0.25, 0.3) is 0 Å². The number of carbonyl (C=O) groups is 2. The van der Waals surface area contributed by atoms with Crippen molar-refractivity contribution in [1.29, 1.82) is 0 Å². The molecule has 17 heavy (non-hydrogen) atoms. The number of nitrogens with one attached hydrogen (secondary N) is 1. The summed E-state index contributed by atoms with van der Waals surface area (Å²) in [5, 5.41) is 4.68. The predicted octanol–water partition coefficient (Wildman–Crippen LogP) is 1.12. The molecule has 0 aliphatic carbocycles. The number of hydrogen-bond acceptors (Lipinski definition) is 4. The molecule has 1 aliphatic rings. The molecule has 4 amide bonds. The standard InChI is InChI=1S/C8H16ClN5O2S/c1-8(2,3)11-5(15)13-7(17-4)12(10)6(16)14(13)9/h7H,10H2,1-4H3,(H,11,15). The molecule has 0 bridgehead atoms. The van der Waals surface area contributed by atoms with Crippen molar-refractivity contribution in [3.05, 3.63) is 0 Å². The molecule has 0 spiro atoms. The fourth-order valence-corrected chi connectivity index (χ4v) is 2.26. The maximum absolute atomic E-state index is 12.0. The van der Waals surface area contributed by atoms with Crippen LogP contribution in [-0.4, -0.2) is 43.9 Å². The molecule has 0 aromatic rings. The van der Waals surface area contributed by atoms with Gasteiger partial charge in [0.15, 0.2) is 5.50 Å². The number of halogens is 1. The Hall–Kier alpha value is -0.860. The van der Waals surface area contributed by atoms with Crippen LogP contribution < -0.4 is 11.2 Å². The first-order valence-electron chi connectivity index (χ1n) is 4.87. The molecule has 7 nitrogen and oxygen atoms in total.